The van der Waals surface area contributed by atoms with Crippen LogP contribution in [0.15, 0.2) is 58.4 Å². The molecule has 0 radical (unpaired) electrons. The Labute approximate surface area is 176 Å². The number of carboxylic acid groups (broad SMARTS) is 1. The summed E-state index contributed by atoms with van der Waals surface area (Å²) in [4.78, 5) is 24.4. The Balaban J connectivity index is 1.89. The molecule has 3 rings (SSSR count). The number of amides is 1. The summed E-state index contributed by atoms with van der Waals surface area (Å²) in [6.07, 6.45) is 0. The summed E-state index contributed by atoms with van der Waals surface area (Å²) in [5.74, 6) is -1.68. The molecule has 0 fully saturated rings. The summed E-state index contributed by atoms with van der Waals surface area (Å²) < 4.78 is 0.897. The topological polar surface area (TPSA) is 69.2 Å². The Morgan fingerprint density at radius 2 is 1.61 bits per heavy atom. The van der Waals surface area contributed by atoms with Crippen LogP contribution in [0.4, 0.5) is 5.00 Å². The van der Waals surface area contributed by atoms with Gasteiger partial charge in [-0.1, -0.05) is 61.0 Å². The number of halogens is 1. The molecule has 0 atom stereocenters. The van der Waals surface area contributed by atoms with Crippen LogP contribution in [0.5, 0.6) is 0 Å². The van der Waals surface area contributed by atoms with Gasteiger partial charge in [0, 0.05) is 26.5 Å². The lowest BCUT2D eigenvalue weighted by Crippen LogP contribution is -2.24. The van der Waals surface area contributed by atoms with E-state index in [9.17, 15) is 14.7 Å². The van der Waals surface area contributed by atoms with Gasteiger partial charge in [0.1, 0.15) is 5.00 Å². The molecule has 1 N–H and O–H groups in total. The minimum atomic E-state index is -1.32. The van der Waals surface area contributed by atoms with Gasteiger partial charge in [-0.25, -0.2) is 0 Å². The van der Waals surface area contributed by atoms with Gasteiger partial charge in [-0.15, -0.1) is 11.3 Å². The lowest BCUT2D eigenvalue weighted by molar-refractivity contribution is -0.254. The quantitative estimate of drug-likeness (QED) is 0.594. The first-order valence-electron chi connectivity index (χ1n) is 8.67. The highest BCUT2D eigenvalue weighted by Gasteiger charge is 2.18. The Hall–Kier alpha value is -2.44. The maximum Gasteiger partial charge on any atom is 0.256 e. The number of hydrogen-bond acceptors (Lipinski definition) is 4. The van der Waals surface area contributed by atoms with E-state index >= 15 is 0 Å². The fourth-order valence-electron chi connectivity index (χ4n) is 2.79. The molecule has 4 nitrogen and oxygen atoms in total. The normalized spacial score (nSPS) is 11.3. The van der Waals surface area contributed by atoms with Gasteiger partial charge in [0.2, 0.25) is 0 Å². The summed E-state index contributed by atoms with van der Waals surface area (Å²) in [6, 6.07) is 14.6. The molecule has 144 valence electrons. The Morgan fingerprint density at radius 1 is 1.00 bits per heavy atom. The first kappa shape index (κ1) is 20.3. The summed E-state index contributed by atoms with van der Waals surface area (Å²) in [5.41, 5.74) is 2.84. The monoisotopic (exact) mass is 456 g/mol. The smallest absolute Gasteiger partial charge is 0.256 e. The first-order valence-corrected chi connectivity index (χ1v) is 10.3. The van der Waals surface area contributed by atoms with E-state index < -0.39 is 5.97 Å². The number of anilines is 1. The molecule has 0 aliphatic heterocycles. The molecule has 0 unspecified atom stereocenters. The number of rotatable bonds is 4. The SMILES string of the molecule is CC(C)(C)c1ccc(C(=O)Nc2scc(-c3ccc(Br)cc3)c2C(=O)[O-])cc1. The Morgan fingerprint density at radius 3 is 2.14 bits per heavy atom. The van der Waals surface area contributed by atoms with Gasteiger partial charge in [0.05, 0.1) is 5.97 Å². The molecule has 0 aliphatic carbocycles. The van der Waals surface area contributed by atoms with E-state index in [1.165, 1.54) is 11.3 Å². The molecule has 28 heavy (non-hydrogen) atoms. The second kappa shape index (κ2) is 7.89. The summed E-state index contributed by atoms with van der Waals surface area (Å²) >= 11 is 4.53. The van der Waals surface area contributed by atoms with Crippen LogP contribution in [0.25, 0.3) is 11.1 Å². The maximum atomic E-state index is 12.6. The number of carbonyl (C=O) groups is 2. The zero-order chi connectivity index (χ0) is 20.5. The molecule has 1 aromatic heterocycles. The molecule has 0 saturated heterocycles. The number of carboxylic acids is 1. The third-order valence-electron chi connectivity index (χ3n) is 4.39. The van der Waals surface area contributed by atoms with Crippen molar-refractivity contribution in [2.75, 3.05) is 5.32 Å². The second-order valence-corrected chi connectivity index (χ2v) is 9.22. The van der Waals surface area contributed by atoms with Crippen LogP contribution in [-0.4, -0.2) is 11.9 Å². The van der Waals surface area contributed by atoms with E-state index in [2.05, 4.69) is 42.0 Å². The van der Waals surface area contributed by atoms with E-state index in [0.29, 0.717) is 11.1 Å². The zero-order valence-electron chi connectivity index (χ0n) is 15.7. The standard InChI is InChI=1S/C22H20BrNO3S/c1-22(2,3)15-8-4-14(5-9-15)19(25)24-20-18(21(26)27)17(12-28-20)13-6-10-16(23)11-7-13/h4-12H,1-3H3,(H,24,25)(H,26,27)/p-1. The van der Waals surface area contributed by atoms with Crippen molar-refractivity contribution >= 4 is 44.1 Å². The number of carbonyl (C=O) groups excluding carboxylic acids is 2. The van der Waals surface area contributed by atoms with Gasteiger partial charge in [-0.3, -0.25) is 4.79 Å². The van der Waals surface area contributed by atoms with Gasteiger partial charge >= 0.3 is 0 Å². The minimum Gasteiger partial charge on any atom is -0.545 e. The fraction of sp³-hybridized carbons (Fsp3) is 0.182. The predicted molar refractivity (Wildman–Crippen MR) is 115 cm³/mol. The van der Waals surface area contributed by atoms with Crippen molar-refractivity contribution in [1.82, 2.24) is 0 Å². The van der Waals surface area contributed by atoms with Crippen molar-refractivity contribution in [2.24, 2.45) is 0 Å². The molecule has 0 bridgehead atoms. The van der Waals surface area contributed by atoms with Gasteiger partial charge in [0.25, 0.3) is 5.91 Å². The van der Waals surface area contributed by atoms with Gasteiger partial charge in [-0.05, 0) is 40.8 Å². The lowest BCUT2D eigenvalue weighted by atomic mass is 9.87. The number of thiophene rings is 1. The number of benzene rings is 2. The Bertz CT molecular complexity index is 1020. The molecule has 2 aromatic carbocycles. The van der Waals surface area contributed by atoms with Crippen molar-refractivity contribution in [3.8, 4) is 11.1 Å². The van der Waals surface area contributed by atoms with Crippen LogP contribution in [0.3, 0.4) is 0 Å². The second-order valence-electron chi connectivity index (χ2n) is 7.43. The lowest BCUT2D eigenvalue weighted by Gasteiger charge is -2.19. The third kappa shape index (κ3) is 4.34. The number of nitrogens with one attached hydrogen (secondary N) is 1. The molecule has 1 heterocycles. The molecule has 0 aliphatic rings. The van der Waals surface area contributed by atoms with E-state index in [1.54, 1.807) is 17.5 Å². The summed E-state index contributed by atoms with van der Waals surface area (Å²) in [7, 11) is 0. The van der Waals surface area contributed by atoms with Crippen molar-refractivity contribution < 1.29 is 14.7 Å². The van der Waals surface area contributed by atoms with Crippen LogP contribution in [0.1, 0.15) is 47.1 Å². The minimum absolute atomic E-state index is 0.00742. The maximum absolute atomic E-state index is 12.6. The van der Waals surface area contributed by atoms with Crippen LogP contribution in [-0.2, 0) is 5.41 Å². The molecule has 0 saturated carbocycles. The third-order valence-corrected chi connectivity index (χ3v) is 5.81. The highest BCUT2D eigenvalue weighted by Crippen LogP contribution is 2.36. The summed E-state index contributed by atoms with van der Waals surface area (Å²) in [6.45, 7) is 6.30. The highest BCUT2D eigenvalue weighted by atomic mass is 79.9. The predicted octanol–water partition coefficient (Wildman–Crippen LogP) is 5.09. The molecule has 3 aromatic rings. The van der Waals surface area contributed by atoms with E-state index in [1.807, 2.05) is 36.4 Å². The molecule has 0 spiro atoms. The van der Waals surface area contributed by atoms with Crippen LogP contribution in [0, 0.1) is 0 Å². The molecule has 6 heteroatoms. The number of hydrogen-bond donors (Lipinski definition) is 1. The highest BCUT2D eigenvalue weighted by molar-refractivity contribution is 9.10. The Kier molecular flexibility index (Phi) is 5.72. The summed E-state index contributed by atoms with van der Waals surface area (Å²) in [5, 5.41) is 16.5. The van der Waals surface area contributed by atoms with E-state index in [0.717, 1.165) is 15.6 Å². The first-order chi connectivity index (χ1) is 13.2. The van der Waals surface area contributed by atoms with Gasteiger partial charge in [0.15, 0.2) is 0 Å². The number of aromatic carboxylic acids is 1. The molecular weight excluding hydrogens is 438 g/mol. The zero-order valence-corrected chi connectivity index (χ0v) is 18.1. The van der Waals surface area contributed by atoms with Crippen LogP contribution in [0.2, 0.25) is 0 Å². The van der Waals surface area contributed by atoms with Crippen LogP contribution < -0.4 is 10.4 Å². The largest absolute Gasteiger partial charge is 0.545 e. The molecule has 1 amide bonds. The fourth-order valence-corrected chi connectivity index (χ4v) is 4.01. The van der Waals surface area contributed by atoms with Crippen molar-refractivity contribution in [3.05, 3.63) is 75.1 Å². The molecular formula is C22H19BrNO3S-. The van der Waals surface area contributed by atoms with Gasteiger partial charge < -0.3 is 15.2 Å². The van der Waals surface area contributed by atoms with Gasteiger partial charge in [-0.2, -0.15) is 0 Å². The van der Waals surface area contributed by atoms with Crippen LogP contribution >= 0.6 is 27.3 Å². The van der Waals surface area contributed by atoms with Crippen molar-refractivity contribution in [1.29, 1.82) is 0 Å². The average molecular weight is 457 g/mol. The van der Waals surface area contributed by atoms with E-state index in [4.69, 9.17) is 0 Å². The van der Waals surface area contributed by atoms with Crippen molar-refractivity contribution in [2.45, 2.75) is 26.2 Å². The van der Waals surface area contributed by atoms with Crippen molar-refractivity contribution in [3.63, 3.8) is 0 Å². The van der Waals surface area contributed by atoms with E-state index in [-0.39, 0.29) is 21.9 Å². The average Bonchev–Trinajstić information content (AvgIpc) is 3.05.